The molecular formula is C52H61N2O6+. The molecule has 7 rings (SSSR count). The lowest BCUT2D eigenvalue weighted by Crippen LogP contribution is -2.32. The van der Waals surface area contributed by atoms with Crippen molar-refractivity contribution in [2.24, 2.45) is 0 Å². The van der Waals surface area contributed by atoms with Crippen LogP contribution in [-0.2, 0) is 15.6 Å². The van der Waals surface area contributed by atoms with Crippen LogP contribution in [0, 0.1) is 0 Å². The number of aromatic carboxylic acids is 2. The molecule has 0 radical (unpaired) electrons. The van der Waals surface area contributed by atoms with Gasteiger partial charge in [0.25, 0.3) is 0 Å². The standard InChI is InChI=1S/C52H60N2O6/c1-7-9-11-13-15-17-27-53-41-25-21-33-29-35(49(57)58)19-23-37(33)45(41)51(3,4)43(53)31-39-47(55)40(48(39)56)32-44-52(5,6)46-38-24-20-36(50(59)60)30-34(38)22-26-42(46)54(44)28-18-16-14-12-10-8-2/h19-26,29-32H,7-18,27-28H2,1-6H3,(H2-,55,56,57,58,59,60)/p+1. The summed E-state index contributed by atoms with van der Waals surface area (Å²) in [5.74, 6) is -2.14. The molecule has 0 saturated heterocycles. The second kappa shape index (κ2) is 17.2. The first-order chi connectivity index (χ1) is 28.7. The van der Waals surface area contributed by atoms with E-state index in [-0.39, 0.29) is 22.7 Å². The summed E-state index contributed by atoms with van der Waals surface area (Å²) in [4.78, 5) is 40.4. The smallest absolute Gasteiger partial charge is 0.335 e. The number of rotatable bonds is 18. The van der Waals surface area contributed by atoms with Crippen molar-refractivity contribution in [2.75, 3.05) is 18.0 Å². The van der Waals surface area contributed by atoms with E-state index in [0.717, 1.165) is 94.2 Å². The number of Topliss-reactive ketones (excluding diaryl/α,β-unsaturated/α-hetero) is 1. The van der Waals surface area contributed by atoms with Gasteiger partial charge in [0.05, 0.1) is 27.7 Å². The highest BCUT2D eigenvalue weighted by Gasteiger charge is 2.48. The largest absolute Gasteiger partial charge is 0.506 e. The second-order valence-corrected chi connectivity index (χ2v) is 18.1. The van der Waals surface area contributed by atoms with Crippen LogP contribution in [0.5, 0.6) is 0 Å². The third kappa shape index (κ3) is 7.70. The van der Waals surface area contributed by atoms with Crippen LogP contribution in [0.25, 0.3) is 21.5 Å². The Balaban J connectivity index is 1.28. The minimum absolute atomic E-state index is 0.00976. The van der Waals surface area contributed by atoms with Gasteiger partial charge in [0.1, 0.15) is 12.3 Å². The van der Waals surface area contributed by atoms with E-state index in [9.17, 15) is 29.7 Å². The molecule has 0 fully saturated rings. The highest BCUT2D eigenvalue weighted by atomic mass is 16.4. The SMILES string of the molecule is CCCCCCCCN1/C(=C/C2=C(O)C(=C/C3=[N+](CCCCCCCC)c4ccc5cc(C(=O)O)ccc5c4C3(C)C)/C2=O)C(C)(C)c2c1ccc1cc(C(=O)O)ccc21. The molecule has 4 aromatic rings. The molecule has 1 aliphatic carbocycles. The number of carbonyl (C=O) groups is 3. The van der Waals surface area contributed by atoms with E-state index in [4.69, 9.17) is 0 Å². The number of allylic oxidation sites excluding steroid dienone is 5. The Bertz CT molecular complexity index is 2510. The van der Waals surface area contributed by atoms with Crippen LogP contribution in [0.3, 0.4) is 0 Å². The fourth-order valence-corrected chi connectivity index (χ4v) is 9.94. The summed E-state index contributed by atoms with van der Waals surface area (Å²) >= 11 is 0. The second-order valence-electron chi connectivity index (χ2n) is 18.1. The summed E-state index contributed by atoms with van der Waals surface area (Å²) in [6.45, 7) is 14.6. The number of carboxylic acids is 2. The number of fused-ring (bicyclic) bond motifs is 6. The van der Waals surface area contributed by atoms with E-state index in [1.165, 1.54) is 51.4 Å². The Labute approximate surface area is 354 Å². The molecule has 0 amide bonds. The van der Waals surface area contributed by atoms with Crippen molar-refractivity contribution >= 4 is 56.4 Å². The Hall–Kier alpha value is -5.50. The first kappa shape index (κ1) is 42.6. The van der Waals surface area contributed by atoms with Gasteiger partial charge in [-0.3, -0.25) is 4.79 Å². The van der Waals surface area contributed by atoms with Gasteiger partial charge in [0, 0.05) is 47.5 Å². The number of anilines is 1. The maximum Gasteiger partial charge on any atom is 0.335 e. The quantitative estimate of drug-likeness (QED) is 0.0520. The van der Waals surface area contributed by atoms with Gasteiger partial charge in [-0.05, 0) is 96.3 Å². The highest BCUT2D eigenvalue weighted by Crippen LogP contribution is 2.52. The molecule has 2 heterocycles. The molecule has 0 saturated carbocycles. The fraction of sp³-hybridized carbons (Fsp3) is 0.423. The molecule has 3 N–H and O–H groups in total. The van der Waals surface area contributed by atoms with Crippen molar-refractivity contribution in [2.45, 2.75) is 129 Å². The first-order valence-corrected chi connectivity index (χ1v) is 22.2. The molecule has 0 aromatic heterocycles. The maximum absolute atomic E-state index is 14.4. The molecule has 8 heteroatoms. The lowest BCUT2D eigenvalue weighted by Gasteiger charge is -2.29. The van der Waals surface area contributed by atoms with Crippen molar-refractivity contribution in [3.8, 4) is 0 Å². The van der Waals surface area contributed by atoms with E-state index in [1.54, 1.807) is 24.3 Å². The molecule has 0 bridgehead atoms. The molecule has 0 atom stereocenters. The molecule has 0 unspecified atom stereocenters. The lowest BCUT2D eigenvalue weighted by atomic mass is 9.76. The van der Waals surface area contributed by atoms with E-state index >= 15 is 0 Å². The molecule has 4 aromatic carbocycles. The molecule has 2 aliphatic heterocycles. The average Bonchev–Trinajstić information content (AvgIpc) is 3.58. The zero-order chi connectivity index (χ0) is 42.9. The van der Waals surface area contributed by atoms with Crippen molar-refractivity contribution < 1.29 is 34.3 Å². The fourth-order valence-electron chi connectivity index (χ4n) is 9.94. The van der Waals surface area contributed by atoms with Gasteiger partial charge in [0.15, 0.2) is 5.71 Å². The highest BCUT2D eigenvalue weighted by molar-refractivity contribution is 6.24. The Morgan fingerprint density at radius 1 is 0.667 bits per heavy atom. The van der Waals surface area contributed by atoms with Crippen molar-refractivity contribution in [3.05, 3.63) is 118 Å². The predicted octanol–water partition coefficient (Wildman–Crippen LogP) is 12.5. The number of nitrogens with zero attached hydrogens (tertiary/aromatic N) is 2. The van der Waals surface area contributed by atoms with E-state index in [2.05, 4.69) is 63.2 Å². The van der Waals surface area contributed by atoms with E-state index in [1.807, 2.05) is 36.4 Å². The third-order valence-electron chi connectivity index (χ3n) is 13.2. The summed E-state index contributed by atoms with van der Waals surface area (Å²) in [6.07, 6.45) is 17.5. The molecule has 60 heavy (non-hydrogen) atoms. The van der Waals surface area contributed by atoms with Gasteiger partial charge in [-0.1, -0.05) is 104 Å². The van der Waals surface area contributed by atoms with Gasteiger partial charge < -0.3 is 20.2 Å². The summed E-state index contributed by atoms with van der Waals surface area (Å²) in [6, 6.07) is 18.7. The van der Waals surface area contributed by atoms with Gasteiger partial charge in [-0.25, -0.2) is 9.59 Å². The number of hydrogen-bond acceptors (Lipinski definition) is 5. The van der Waals surface area contributed by atoms with Crippen LogP contribution >= 0.6 is 0 Å². The monoisotopic (exact) mass is 809 g/mol. The zero-order valence-electron chi connectivity index (χ0n) is 36.3. The van der Waals surface area contributed by atoms with Crippen LogP contribution in [-0.4, -0.2) is 56.4 Å². The third-order valence-corrected chi connectivity index (χ3v) is 13.2. The summed E-state index contributed by atoms with van der Waals surface area (Å²) < 4.78 is 2.31. The molecule has 8 nitrogen and oxygen atoms in total. The number of unbranched alkanes of at least 4 members (excludes halogenated alkanes) is 10. The predicted molar refractivity (Wildman–Crippen MR) is 243 cm³/mol. The van der Waals surface area contributed by atoms with Gasteiger partial charge in [0.2, 0.25) is 11.5 Å². The van der Waals surface area contributed by atoms with Crippen LogP contribution < -0.4 is 4.90 Å². The average molecular weight is 810 g/mol. The minimum atomic E-state index is -0.965. The summed E-state index contributed by atoms with van der Waals surface area (Å²) in [5.41, 5.74) is 6.13. The van der Waals surface area contributed by atoms with Gasteiger partial charge in [-0.15, -0.1) is 0 Å². The number of aliphatic hydroxyl groups excluding tert-OH is 1. The number of hydrogen-bond donors (Lipinski definition) is 3. The van der Waals surface area contributed by atoms with E-state index < -0.39 is 22.8 Å². The van der Waals surface area contributed by atoms with Crippen LogP contribution in [0.15, 0.2) is 95.4 Å². The van der Waals surface area contributed by atoms with Crippen LogP contribution in [0.1, 0.15) is 150 Å². The molecular weight excluding hydrogens is 749 g/mol. The Morgan fingerprint density at radius 2 is 1.22 bits per heavy atom. The lowest BCUT2D eigenvalue weighted by molar-refractivity contribution is -0.438. The molecule has 314 valence electrons. The van der Waals surface area contributed by atoms with Crippen molar-refractivity contribution in [1.82, 2.24) is 0 Å². The maximum atomic E-state index is 14.4. The molecule has 0 spiro atoms. The number of aliphatic hydroxyl groups is 1. The molecule has 3 aliphatic rings. The van der Waals surface area contributed by atoms with E-state index in [0.29, 0.717) is 11.1 Å². The Morgan fingerprint density at radius 3 is 1.80 bits per heavy atom. The number of benzene rings is 4. The topological polar surface area (TPSA) is 118 Å². The van der Waals surface area contributed by atoms with Gasteiger partial charge in [-0.2, -0.15) is 4.58 Å². The number of carboxylic acid groups (broad SMARTS) is 2. The van der Waals surface area contributed by atoms with Crippen molar-refractivity contribution in [3.63, 3.8) is 0 Å². The zero-order valence-corrected chi connectivity index (χ0v) is 36.3. The Kier molecular flexibility index (Phi) is 12.2. The van der Waals surface area contributed by atoms with Crippen LogP contribution in [0.4, 0.5) is 11.4 Å². The number of carbonyl (C=O) groups excluding carboxylic acids is 1. The number of ketones is 1. The van der Waals surface area contributed by atoms with Crippen LogP contribution in [0.2, 0.25) is 0 Å². The normalized spacial score (nSPS) is 18.0. The van der Waals surface area contributed by atoms with Gasteiger partial charge >= 0.3 is 11.9 Å². The first-order valence-electron chi connectivity index (χ1n) is 22.2. The summed E-state index contributed by atoms with van der Waals surface area (Å²) in [7, 11) is 0. The van der Waals surface area contributed by atoms with Crippen molar-refractivity contribution in [1.29, 1.82) is 0 Å². The minimum Gasteiger partial charge on any atom is -0.506 e. The summed E-state index contributed by atoms with van der Waals surface area (Å²) in [5, 5.41) is 35.0.